The highest BCUT2D eigenvalue weighted by Crippen LogP contribution is 2.42. The SMILES string of the molecule is OC[C@@H]1[C@@H](c2ccc(-c3ccc(F)cc3)cc2)[C@@H]2CN(Cc3cccnc3)CCCCN12. The third-order valence-corrected chi connectivity index (χ3v) is 7.06. The predicted molar refractivity (Wildman–Crippen MR) is 125 cm³/mol. The van der Waals surface area contributed by atoms with Gasteiger partial charge >= 0.3 is 0 Å². The van der Waals surface area contributed by atoms with Gasteiger partial charge in [-0.15, -0.1) is 0 Å². The molecule has 0 radical (unpaired) electrons. The summed E-state index contributed by atoms with van der Waals surface area (Å²) in [6.45, 7) is 4.25. The summed E-state index contributed by atoms with van der Waals surface area (Å²) in [5.74, 6) is 0.0996. The van der Waals surface area contributed by atoms with Gasteiger partial charge in [0, 0.05) is 43.5 Å². The smallest absolute Gasteiger partial charge is 0.123 e. The van der Waals surface area contributed by atoms with Crippen molar-refractivity contribution in [3.8, 4) is 11.1 Å². The molecule has 3 atom stereocenters. The number of hydrogen-bond donors (Lipinski definition) is 1. The second kappa shape index (κ2) is 9.49. The van der Waals surface area contributed by atoms with Crippen molar-refractivity contribution in [2.75, 3.05) is 26.2 Å². The van der Waals surface area contributed by atoms with Crippen LogP contribution in [-0.2, 0) is 6.54 Å². The second-order valence-corrected chi connectivity index (χ2v) is 9.01. The summed E-state index contributed by atoms with van der Waals surface area (Å²) in [6, 6.07) is 20.0. The molecule has 1 aromatic heterocycles. The average Bonchev–Trinajstić information content (AvgIpc) is 2.81. The summed E-state index contributed by atoms with van der Waals surface area (Å²) in [5, 5.41) is 10.2. The highest BCUT2D eigenvalue weighted by atomic mass is 19.1. The standard InChI is InChI=1S/C27H30FN3O/c28-24-11-9-22(10-12-24)21-5-7-23(8-6-21)27-25-18-30(17-20-4-3-13-29-16-20)14-1-2-15-31(25)26(27)19-32/h3-13,16,25-27,32H,1-2,14-15,17-19H2/t25-,26+,27-/m0/s1. The number of rotatable bonds is 5. The quantitative estimate of drug-likeness (QED) is 0.653. The molecule has 2 aliphatic heterocycles. The minimum absolute atomic E-state index is 0.176. The maximum Gasteiger partial charge on any atom is 0.123 e. The molecular formula is C27H30FN3O. The van der Waals surface area contributed by atoms with Gasteiger partial charge in [-0.05, 0) is 66.4 Å². The summed E-state index contributed by atoms with van der Waals surface area (Å²) in [4.78, 5) is 9.33. The predicted octanol–water partition coefficient (Wildman–Crippen LogP) is 4.31. The Hall–Kier alpha value is -2.60. The molecule has 2 fully saturated rings. The first-order valence-corrected chi connectivity index (χ1v) is 11.6. The van der Waals surface area contributed by atoms with Gasteiger partial charge in [-0.25, -0.2) is 4.39 Å². The molecule has 4 nitrogen and oxygen atoms in total. The molecule has 0 amide bonds. The molecule has 0 unspecified atom stereocenters. The third kappa shape index (κ3) is 4.33. The van der Waals surface area contributed by atoms with Crippen molar-refractivity contribution < 1.29 is 9.50 Å². The van der Waals surface area contributed by atoms with Crippen molar-refractivity contribution in [1.29, 1.82) is 0 Å². The minimum atomic E-state index is -0.217. The molecule has 1 N–H and O–H groups in total. The fourth-order valence-corrected chi connectivity index (χ4v) is 5.45. The summed E-state index contributed by atoms with van der Waals surface area (Å²) < 4.78 is 13.3. The Kier molecular flexibility index (Phi) is 6.30. The zero-order valence-electron chi connectivity index (χ0n) is 18.3. The lowest BCUT2D eigenvalue weighted by atomic mass is 9.74. The van der Waals surface area contributed by atoms with Crippen molar-refractivity contribution in [1.82, 2.24) is 14.8 Å². The summed E-state index contributed by atoms with van der Waals surface area (Å²) in [5.41, 5.74) is 4.62. The molecule has 0 aliphatic carbocycles. The number of aliphatic hydroxyl groups is 1. The Labute approximate surface area is 189 Å². The Bertz CT molecular complexity index is 1010. The molecule has 2 saturated heterocycles. The summed E-state index contributed by atoms with van der Waals surface area (Å²) in [6.07, 6.45) is 6.12. The van der Waals surface area contributed by atoms with E-state index in [0.717, 1.165) is 43.7 Å². The van der Waals surface area contributed by atoms with Gasteiger partial charge in [0.2, 0.25) is 0 Å². The number of nitrogens with zero attached hydrogens (tertiary/aromatic N) is 3. The van der Waals surface area contributed by atoms with Crippen LogP contribution < -0.4 is 0 Å². The van der Waals surface area contributed by atoms with Gasteiger partial charge in [0.05, 0.1) is 6.61 Å². The number of halogens is 1. The van der Waals surface area contributed by atoms with E-state index < -0.39 is 0 Å². The number of benzene rings is 2. The van der Waals surface area contributed by atoms with E-state index in [2.05, 4.69) is 45.1 Å². The van der Waals surface area contributed by atoms with Crippen LogP contribution in [0.5, 0.6) is 0 Å². The van der Waals surface area contributed by atoms with Crippen LogP contribution in [0, 0.1) is 5.82 Å². The largest absolute Gasteiger partial charge is 0.395 e. The number of pyridine rings is 1. The molecule has 3 heterocycles. The molecule has 0 saturated carbocycles. The van der Waals surface area contributed by atoms with Crippen molar-refractivity contribution in [2.45, 2.75) is 37.4 Å². The van der Waals surface area contributed by atoms with Gasteiger partial charge in [-0.3, -0.25) is 14.8 Å². The van der Waals surface area contributed by atoms with Crippen molar-refractivity contribution in [3.05, 3.63) is 90.0 Å². The van der Waals surface area contributed by atoms with Gasteiger partial charge in [-0.2, -0.15) is 0 Å². The first-order valence-electron chi connectivity index (χ1n) is 11.6. The van der Waals surface area contributed by atoms with Crippen LogP contribution in [0.1, 0.15) is 29.9 Å². The van der Waals surface area contributed by atoms with Crippen LogP contribution in [0.2, 0.25) is 0 Å². The van der Waals surface area contributed by atoms with E-state index in [1.807, 2.05) is 30.6 Å². The molecule has 0 bridgehead atoms. The van der Waals surface area contributed by atoms with Crippen LogP contribution in [0.3, 0.4) is 0 Å². The van der Waals surface area contributed by atoms with Crippen LogP contribution in [-0.4, -0.2) is 58.2 Å². The zero-order valence-corrected chi connectivity index (χ0v) is 18.3. The van der Waals surface area contributed by atoms with Gasteiger partial charge in [0.15, 0.2) is 0 Å². The summed E-state index contributed by atoms with van der Waals surface area (Å²) >= 11 is 0. The van der Waals surface area contributed by atoms with Crippen LogP contribution in [0.4, 0.5) is 4.39 Å². The number of aromatic nitrogens is 1. The zero-order chi connectivity index (χ0) is 21.9. The van der Waals surface area contributed by atoms with Gasteiger partial charge in [0.25, 0.3) is 0 Å². The second-order valence-electron chi connectivity index (χ2n) is 9.01. The third-order valence-electron chi connectivity index (χ3n) is 7.06. The van der Waals surface area contributed by atoms with E-state index in [9.17, 15) is 9.50 Å². The lowest BCUT2D eigenvalue weighted by molar-refractivity contribution is -0.0655. The van der Waals surface area contributed by atoms with Crippen LogP contribution in [0.15, 0.2) is 73.1 Å². The maximum atomic E-state index is 13.3. The fourth-order valence-electron chi connectivity index (χ4n) is 5.45. The Morgan fingerprint density at radius 2 is 1.66 bits per heavy atom. The van der Waals surface area contributed by atoms with Crippen molar-refractivity contribution in [2.24, 2.45) is 0 Å². The Morgan fingerprint density at radius 1 is 0.938 bits per heavy atom. The number of aliphatic hydroxyl groups excluding tert-OH is 1. The van der Waals surface area contributed by atoms with E-state index >= 15 is 0 Å². The molecule has 2 aliphatic rings. The van der Waals surface area contributed by atoms with Gasteiger partial charge in [-0.1, -0.05) is 42.5 Å². The maximum absolute atomic E-state index is 13.3. The first kappa shape index (κ1) is 21.3. The van der Waals surface area contributed by atoms with Crippen LogP contribution in [0.25, 0.3) is 11.1 Å². The highest BCUT2D eigenvalue weighted by Gasteiger charge is 2.48. The van der Waals surface area contributed by atoms with Gasteiger partial charge in [0.1, 0.15) is 5.82 Å². The molecular weight excluding hydrogens is 401 g/mol. The van der Waals surface area contributed by atoms with Crippen molar-refractivity contribution in [3.63, 3.8) is 0 Å². The normalized spacial score (nSPS) is 24.2. The van der Waals surface area contributed by atoms with E-state index in [4.69, 9.17) is 0 Å². The van der Waals surface area contributed by atoms with Crippen LogP contribution >= 0.6 is 0 Å². The first-order chi connectivity index (χ1) is 15.7. The highest BCUT2D eigenvalue weighted by molar-refractivity contribution is 5.63. The summed E-state index contributed by atoms with van der Waals surface area (Å²) in [7, 11) is 0. The fraction of sp³-hybridized carbons (Fsp3) is 0.370. The van der Waals surface area contributed by atoms with Crippen molar-refractivity contribution >= 4 is 0 Å². The van der Waals surface area contributed by atoms with E-state index in [-0.39, 0.29) is 18.5 Å². The van der Waals surface area contributed by atoms with E-state index in [1.54, 1.807) is 0 Å². The molecule has 32 heavy (non-hydrogen) atoms. The molecule has 3 aromatic rings. The van der Waals surface area contributed by atoms with E-state index in [1.165, 1.54) is 29.7 Å². The molecule has 5 heteroatoms. The van der Waals surface area contributed by atoms with Gasteiger partial charge < -0.3 is 5.11 Å². The molecule has 5 rings (SSSR count). The molecule has 2 aromatic carbocycles. The lowest BCUT2D eigenvalue weighted by Crippen LogP contribution is -2.67. The lowest BCUT2D eigenvalue weighted by Gasteiger charge is -2.57. The monoisotopic (exact) mass is 431 g/mol. The Balaban J connectivity index is 1.35. The molecule has 166 valence electrons. The number of hydrogen-bond acceptors (Lipinski definition) is 4. The molecule has 0 spiro atoms. The number of fused-ring (bicyclic) bond motifs is 1. The van der Waals surface area contributed by atoms with E-state index in [0.29, 0.717) is 12.0 Å². The Morgan fingerprint density at radius 3 is 2.34 bits per heavy atom. The average molecular weight is 432 g/mol. The topological polar surface area (TPSA) is 39.6 Å². The minimum Gasteiger partial charge on any atom is -0.395 e.